The van der Waals surface area contributed by atoms with E-state index in [1.54, 1.807) is 37.3 Å². The molecule has 0 radical (unpaired) electrons. The van der Waals surface area contributed by atoms with Crippen molar-refractivity contribution in [3.05, 3.63) is 81.3 Å². The summed E-state index contributed by atoms with van der Waals surface area (Å²) in [7, 11) is -1.44. The minimum atomic E-state index is -4.31. The van der Waals surface area contributed by atoms with Gasteiger partial charge in [0, 0.05) is 18.7 Å². The molecule has 242 valence electrons. The van der Waals surface area contributed by atoms with Crippen molar-refractivity contribution < 1.29 is 27.5 Å². The van der Waals surface area contributed by atoms with Gasteiger partial charge in [-0.1, -0.05) is 48.2 Å². The lowest BCUT2D eigenvalue weighted by Crippen LogP contribution is -2.52. The quantitative estimate of drug-likeness (QED) is 0.242. The molecular formula is C33H39Cl2N3O6S. The van der Waals surface area contributed by atoms with Gasteiger partial charge in [-0.05, 0) is 86.7 Å². The van der Waals surface area contributed by atoms with Crippen LogP contribution >= 0.6 is 23.2 Å². The SMILES string of the molecule is COc1ccc(S(=O)(=O)N(CC(=O)N(Cc2ccc(Cl)c(Cl)c2)[C@@H](C)C(=O)NC2CCCC2)c2cc(C)cc(C)c2)cc1OC. The monoisotopic (exact) mass is 675 g/mol. The summed E-state index contributed by atoms with van der Waals surface area (Å²) in [5.74, 6) is -0.293. The van der Waals surface area contributed by atoms with Gasteiger partial charge in [0.1, 0.15) is 12.6 Å². The molecule has 0 unspecified atom stereocenters. The average Bonchev–Trinajstić information content (AvgIpc) is 3.51. The number of sulfonamides is 1. The standard InChI is InChI=1S/C33H39Cl2N3O6S/c1-21-14-22(2)16-26(15-21)38(45(41,42)27-11-13-30(43-4)31(18-27)44-5)20-32(39)37(19-24-10-12-28(34)29(35)17-24)23(3)33(40)36-25-8-6-7-9-25/h10-18,23,25H,6-9,19-20H2,1-5H3,(H,36,40)/t23-/m0/s1. The Hall–Kier alpha value is -3.47. The number of rotatable bonds is 12. The molecular weight excluding hydrogens is 637 g/mol. The number of carbonyl (C=O) groups excluding carboxylic acids is 2. The van der Waals surface area contributed by atoms with Gasteiger partial charge in [-0.15, -0.1) is 0 Å². The van der Waals surface area contributed by atoms with Crippen molar-refractivity contribution in [3.63, 3.8) is 0 Å². The first-order valence-corrected chi connectivity index (χ1v) is 16.9. The molecule has 0 bridgehead atoms. The minimum Gasteiger partial charge on any atom is -0.493 e. The van der Waals surface area contributed by atoms with Crippen LogP contribution in [0.3, 0.4) is 0 Å². The fraction of sp³-hybridized carbons (Fsp3) is 0.394. The number of nitrogens with zero attached hydrogens (tertiary/aromatic N) is 2. The lowest BCUT2D eigenvalue weighted by Gasteiger charge is -2.32. The molecule has 3 aromatic rings. The van der Waals surface area contributed by atoms with Crippen LogP contribution in [0.4, 0.5) is 5.69 Å². The van der Waals surface area contributed by atoms with Gasteiger partial charge in [0.05, 0.1) is 34.8 Å². The molecule has 0 heterocycles. The van der Waals surface area contributed by atoms with Crippen molar-refractivity contribution in [2.75, 3.05) is 25.1 Å². The Morgan fingerprint density at radius 2 is 1.56 bits per heavy atom. The molecule has 0 saturated heterocycles. The Bertz CT molecular complexity index is 1640. The van der Waals surface area contributed by atoms with E-state index in [0.717, 1.165) is 41.1 Å². The Morgan fingerprint density at radius 3 is 2.16 bits per heavy atom. The highest BCUT2D eigenvalue weighted by molar-refractivity contribution is 7.92. The fourth-order valence-electron chi connectivity index (χ4n) is 5.54. The third-order valence-electron chi connectivity index (χ3n) is 7.92. The summed E-state index contributed by atoms with van der Waals surface area (Å²) in [5, 5.41) is 3.72. The molecule has 3 aromatic carbocycles. The third kappa shape index (κ3) is 8.23. The molecule has 1 N–H and O–H groups in total. The van der Waals surface area contributed by atoms with Crippen LogP contribution in [0.1, 0.15) is 49.3 Å². The third-order valence-corrected chi connectivity index (χ3v) is 10.4. The van der Waals surface area contributed by atoms with Gasteiger partial charge in [-0.3, -0.25) is 13.9 Å². The zero-order valence-electron chi connectivity index (χ0n) is 26.1. The number of carbonyl (C=O) groups is 2. The lowest BCUT2D eigenvalue weighted by molar-refractivity contribution is -0.139. The van der Waals surface area contributed by atoms with Gasteiger partial charge in [0.15, 0.2) is 11.5 Å². The molecule has 4 rings (SSSR count). The van der Waals surface area contributed by atoms with Crippen LogP contribution < -0.4 is 19.1 Å². The van der Waals surface area contributed by atoms with E-state index in [4.69, 9.17) is 32.7 Å². The van der Waals surface area contributed by atoms with Crippen molar-refractivity contribution in [2.45, 2.75) is 70.0 Å². The molecule has 1 aliphatic rings. The molecule has 12 heteroatoms. The van der Waals surface area contributed by atoms with E-state index in [9.17, 15) is 18.0 Å². The highest BCUT2D eigenvalue weighted by Crippen LogP contribution is 2.33. The van der Waals surface area contributed by atoms with Gasteiger partial charge in [0.25, 0.3) is 10.0 Å². The molecule has 1 saturated carbocycles. The normalized spacial score (nSPS) is 14.1. The summed E-state index contributed by atoms with van der Waals surface area (Å²) in [5.41, 5.74) is 2.59. The summed E-state index contributed by atoms with van der Waals surface area (Å²) in [4.78, 5) is 29.0. The summed E-state index contributed by atoms with van der Waals surface area (Å²) in [6.45, 7) is 4.79. The highest BCUT2D eigenvalue weighted by Gasteiger charge is 2.34. The zero-order valence-corrected chi connectivity index (χ0v) is 28.4. The Kier molecular flexibility index (Phi) is 11.3. The van der Waals surface area contributed by atoms with Crippen LogP contribution in [0, 0.1) is 13.8 Å². The number of nitrogens with one attached hydrogen (secondary N) is 1. The van der Waals surface area contributed by atoms with Crippen LogP contribution in [0.2, 0.25) is 10.0 Å². The van der Waals surface area contributed by atoms with E-state index in [2.05, 4.69) is 5.32 Å². The zero-order chi connectivity index (χ0) is 32.9. The number of ether oxygens (including phenoxy) is 2. The predicted molar refractivity (Wildman–Crippen MR) is 177 cm³/mol. The Balaban J connectivity index is 1.75. The smallest absolute Gasteiger partial charge is 0.264 e. The first kappa shape index (κ1) is 34.4. The molecule has 2 amide bonds. The van der Waals surface area contributed by atoms with E-state index in [0.29, 0.717) is 27.0 Å². The number of anilines is 1. The Labute approximate surface area is 275 Å². The Morgan fingerprint density at radius 1 is 0.911 bits per heavy atom. The van der Waals surface area contributed by atoms with Crippen molar-refractivity contribution in [1.29, 1.82) is 0 Å². The molecule has 45 heavy (non-hydrogen) atoms. The van der Waals surface area contributed by atoms with E-state index in [1.807, 2.05) is 19.9 Å². The molecule has 1 atom stereocenters. The summed E-state index contributed by atoms with van der Waals surface area (Å²) < 4.78 is 40.3. The van der Waals surface area contributed by atoms with E-state index < -0.39 is 28.5 Å². The molecule has 1 fully saturated rings. The van der Waals surface area contributed by atoms with Gasteiger partial charge in [0.2, 0.25) is 11.8 Å². The van der Waals surface area contributed by atoms with E-state index >= 15 is 0 Å². The van der Waals surface area contributed by atoms with Crippen LogP contribution in [0.15, 0.2) is 59.5 Å². The molecule has 0 aromatic heterocycles. The average molecular weight is 677 g/mol. The van der Waals surface area contributed by atoms with Gasteiger partial charge >= 0.3 is 0 Å². The predicted octanol–water partition coefficient (Wildman–Crippen LogP) is 6.30. The van der Waals surface area contributed by atoms with Crippen molar-refractivity contribution >= 4 is 50.7 Å². The fourth-order valence-corrected chi connectivity index (χ4v) is 7.27. The topological polar surface area (TPSA) is 105 Å². The first-order valence-electron chi connectivity index (χ1n) is 14.7. The van der Waals surface area contributed by atoms with Crippen molar-refractivity contribution in [1.82, 2.24) is 10.2 Å². The molecule has 9 nitrogen and oxygen atoms in total. The summed E-state index contributed by atoms with van der Waals surface area (Å²) in [6, 6.07) is 13.7. The second kappa shape index (κ2) is 14.7. The molecule has 0 aliphatic heterocycles. The maximum atomic E-state index is 14.3. The summed E-state index contributed by atoms with van der Waals surface area (Å²) >= 11 is 12.4. The van der Waals surface area contributed by atoms with E-state index in [-0.39, 0.29) is 29.1 Å². The van der Waals surface area contributed by atoms with Gasteiger partial charge in [-0.2, -0.15) is 0 Å². The molecule has 0 spiro atoms. The summed E-state index contributed by atoms with van der Waals surface area (Å²) in [6.07, 6.45) is 3.82. The number of methoxy groups -OCH3 is 2. The minimum absolute atomic E-state index is 0.00602. The highest BCUT2D eigenvalue weighted by atomic mass is 35.5. The van der Waals surface area contributed by atoms with Gasteiger partial charge in [-0.25, -0.2) is 8.42 Å². The van der Waals surface area contributed by atoms with Crippen molar-refractivity contribution in [2.24, 2.45) is 0 Å². The lowest BCUT2D eigenvalue weighted by atomic mass is 10.1. The number of amides is 2. The van der Waals surface area contributed by atoms with Crippen LogP contribution in [0.25, 0.3) is 0 Å². The second-order valence-electron chi connectivity index (χ2n) is 11.3. The van der Waals surface area contributed by atoms with E-state index in [1.165, 1.54) is 37.3 Å². The second-order valence-corrected chi connectivity index (χ2v) is 14.0. The number of halogens is 2. The van der Waals surface area contributed by atoms with Crippen molar-refractivity contribution in [3.8, 4) is 11.5 Å². The number of hydrogen-bond donors (Lipinski definition) is 1. The van der Waals surface area contributed by atoms with Crippen LogP contribution in [-0.4, -0.2) is 58.0 Å². The first-order chi connectivity index (χ1) is 21.3. The number of hydrogen-bond acceptors (Lipinski definition) is 6. The number of benzene rings is 3. The maximum Gasteiger partial charge on any atom is 0.264 e. The van der Waals surface area contributed by atoms with Crippen LogP contribution in [-0.2, 0) is 26.2 Å². The maximum absolute atomic E-state index is 14.3. The van der Waals surface area contributed by atoms with Crippen LogP contribution in [0.5, 0.6) is 11.5 Å². The van der Waals surface area contributed by atoms with Gasteiger partial charge < -0.3 is 19.7 Å². The number of aryl methyl sites for hydroxylation is 2. The molecule has 1 aliphatic carbocycles. The largest absolute Gasteiger partial charge is 0.493 e.